The van der Waals surface area contributed by atoms with Crippen LogP contribution >= 0.6 is 0 Å². The van der Waals surface area contributed by atoms with E-state index in [1.165, 1.54) is 0 Å². The molecule has 0 saturated carbocycles. The Morgan fingerprint density at radius 3 is 1.42 bits per heavy atom. The van der Waals surface area contributed by atoms with Gasteiger partial charge in [0.05, 0.1) is 21.9 Å². The predicted molar refractivity (Wildman–Crippen MR) is 81.1 cm³/mol. The molecular formula is C16H6O8. The molecule has 0 fully saturated rings. The van der Waals surface area contributed by atoms with Crippen LogP contribution in [0.3, 0.4) is 0 Å². The molecule has 2 N–H and O–H groups in total. The minimum atomic E-state index is -1.30. The minimum absolute atomic E-state index is 0.0609. The van der Waals surface area contributed by atoms with Gasteiger partial charge >= 0.3 is 23.2 Å². The Kier molecular flexibility index (Phi) is 2.57. The summed E-state index contributed by atoms with van der Waals surface area (Å²) >= 11 is 0. The van der Waals surface area contributed by atoms with Gasteiger partial charge in [0.25, 0.3) is 0 Å². The number of carboxylic acids is 2. The average molecular weight is 326 g/mol. The molecule has 0 aliphatic carbocycles. The number of benzene rings is 2. The van der Waals surface area contributed by atoms with Gasteiger partial charge in [-0.1, -0.05) is 0 Å². The molecule has 0 aliphatic rings. The second-order valence-corrected chi connectivity index (χ2v) is 5.18. The Hall–Kier alpha value is -3.68. The van der Waals surface area contributed by atoms with E-state index in [4.69, 9.17) is 19.0 Å². The SMILES string of the molecule is O=C(O)c1cc2oc(=O)c3cc(C(=O)O)cc4oc(=O)c(c1)c2c43. The van der Waals surface area contributed by atoms with Gasteiger partial charge in [-0.05, 0) is 24.3 Å². The van der Waals surface area contributed by atoms with E-state index in [1.807, 2.05) is 0 Å². The van der Waals surface area contributed by atoms with Crippen molar-refractivity contribution in [2.75, 3.05) is 0 Å². The quantitative estimate of drug-likeness (QED) is 0.421. The highest BCUT2D eigenvalue weighted by Crippen LogP contribution is 2.32. The summed E-state index contributed by atoms with van der Waals surface area (Å²) in [6.07, 6.45) is 0. The predicted octanol–water partition coefficient (Wildman–Crippen LogP) is 1.89. The lowest BCUT2D eigenvalue weighted by atomic mass is 9.99. The summed E-state index contributed by atoms with van der Waals surface area (Å²) in [6.45, 7) is 0. The second-order valence-electron chi connectivity index (χ2n) is 5.18. The zero-order chi connectivity index (χ0) is 17.2. The van der Waals surface area contributed by atoms with Crippen molar-refractivity contribution in [2.45, 2.75) is 0 Å². The van der Waals surface area contributed by atoms with Crippen molar-refractivity contribution in [1.29, 1.82) is 0 Å². The van der Waals surface area contributed by atoms with Gasteiger partial charge in [0.15, 0.2) is 0 Å². The molecule has 8 nitrogen and oxygen atoms in total. The number of rotatable bonds is 2. The molecule has 0 unspecified atom stereocenters. The van der Waals surface area contributed by atoms with Gasteiger partial charge in [-0.3, -0.25) is 0 Å². The first kappa shape index (κ1) is 13.9. The van der Waals surface area contributed by atoms with Crippen molar-refractivity contribution in [3.8, 4) is 0 Å². The lowest BCUT2D eigenvalue weighted by Crippen LogP contribution is -2.09. The first-order valence-corrected chi connectivity index (χ1v) is 6.64. The van der Waals surface area contributed by atoms with Crippen LogP contribution in [0.4, 0.5) is 0 Å². The fourth-order valence-electron chi connectivity index (χ4n) is 2.79. The average Bonchev–Trinajstić information content (AvgIpc) is 2.53. The van der Waals surface area contributed by atoms with E-state index in [0.29, 0.717) is 0 Å². The summed E-state index contributed by atoms with van der Waals surface area (Å²) in [7, 11) is 0. The minimum Gasteiger partial charge on any atom is -0.478 e. The second kappa shape index (κ2) is 4.42. The van der Waals surface area contributed by atoms with Gasteiger partial charge in [0.2, 0.25) is 0 Å². The smallest absolute Gasteiger partial charge is 0.344 e. The van der Waals surface area contributed by atoms with Crippen LogP contribution < -0.4 is 11.3 Å². The normalized spacial score (nSPS) is 11.5. The third-order valence-corrected chi connectivity index (χ3v) is 3.79. The summed E-state index contributed by atoms with van der Waals surface area (Å²) in [5.41, 5.74) is -2.33. The number of hydrogen-bond donors (Lipinski definition) is 2. The lowest BCUT2D eigenvalue weighted by molar-refractivity contribution is 0.0686. The molecule has 0 radical (unpaired) electrons. The van der Waals surface area contributed by atoms with Crippen LogP contribution in [0, 0.1) is 0 Å². The summed E-state index contributed by atoms with van der Waals surface area (Å²) in [4.78, 5) is 46.7. The highest BCUT2D eigenvalue weighted by Gasteiger charge is 2.21. The van der Waals surface area contributed by atoms with E-state index in [2.05, 4.69) is 0 Å². The van der Waals surface area contributed by atoms with Crippen LogP contribution in [-0.2, 0) is 0 Å². The highest BCUT2D eigenvalue weighted by molar-refractivity contribution is 6.21. The van der Waals surface area contributed by atoms with Crippen molar-refractivity contribution in [1.82, 2.24) is 0 Å². The van der Waals surface area contributed by atoms with Crippen molar-refractivity contribution >= 4 is 44.6 Å². The highest BCUT2D eigenvalue weighted by atomic mass is 16.4. The fraction of sp³-hybridized carbons (Fsp3) is 0. The fourth-order valence-corrected chi connectivity index (χ4v) is 2.79. The van der Waals surface area contributed by atoms with Crippen molar-refractivity contribution < 1.29 is 28.6 Å². The van der Waals surface area contributed by atoms with E-state index < -0.39 is 23.2 Å². The molecule has 0 spiro atoms. The third kappa shape index (κ3) is 1.73. The first-order chi connectivity index (χ1) is 11.4. The maximum Gasteiger partial charge on any atom is 0.344 e. The molecule has 118 valence electrons. The van der Waals surface area contributed by atoms with Crippen LogP contribution in [-0.4, -0.2) is 22.2 Å². The molecule has 24 heavy (non-hydrogen) atoms. The van der Waals surface area contributed by atoms with Crippen molar-refractivity contribution in [3.63, 3.8) is 0 Å². The maximum atomic E-state index is 12.2. The Balaban J connectivity index is 2.36. The van der Waals surface area contributed by atoms with Crippen LogP contribution in [0.5, 0.6) is 0 Å². The number of carboxylic acid groups (broad SMARTS) is 2. The Bertz CT molecular complexity index is 1190. The summed E-state index contributed by atoms with van der Waals surface area (Å²) in [5, 5.41) is 18.5. The number of aromatic carboxylic acids is 2. The van der Waals surface area contributed by atoms with Gasteiger partial charge in [0, 0.05) is 10.8 Å². The summed E-state index contributed by atoms with van der Waals surface area (Å²) in [5.74, 6) is -2.59. The molecular weight excluding hydrogens is 320 g/mol. The van der Waals surface area contributed by atoms with E-state index in [1.54, 1.807) is 0 Å². The van der Waals surface area contributed by atoms with Crippen LogP contribution in [0.25, 0.3) is 32.7 Å². The molecule has 0 saturated heterocycles. The number of hydrogen-bond acceptors (Lipinski definition) is 6. The van der Waals surface area contributed by atoms with Gasteiger partial charge in [-0.2, -0.15) is 0 Å². The molecule has 2 aromatic heterocycles. The van der Waals surface area contributed by atoms with Gasteiger partial charge in [0.1, 0.15) is 11.2 Å². The molecule has 2 heterocycles. The zero-order valence-corrected chi connectivity index (χ0v) is 11.7. The molecule has 0 atom stereocenters. The Labute approximate surface area is 130 Å². The lowest BCUT2D eigenvalue weighted by Gasteiger charge is -2.09. The summed E-state index contributed by atoms with van der Waals surface area (Å²) < 4.78 is 10.2. The maximum absolute atomic E-state index is 12.2. The summed E-state index contributed by atoms with van der Waals surface area (Å²) in [6, 6.07) is 4.52. The molecule has 4 rings (SSSR count). The largest absolute Gasteiger partial charge is 0.478 e. The monoisotopic (exact) mass is 326 g/mol. The molecule has 0 bridgehead atoms. The van der Waals surface area contributed by atoms with Crippen LogP contribution in [0.2, 0.25) is 0 Å². The molecule has 0 amide bonds. The van der Waals surface area contributed by atoms with Gasteiger partial charge < -0.3 is 19.0 Å². The van der Waals surface area contributed by atoms with Crippen molar-refractivity contribution in [3.05, 3.63) is 56.2 Å². The molecule has 8 heteroatoms. The van der Waals surface area contributed by atoms with E-state index >= 15 is 0 Å². The topological polar surface area (TPSA) is 135 Å². The van der Waals surface area contributed by atoms with Crippen molar-refractivity contribution in [2.24, 2.45) is 0 Å². The van der Waals surface area contributed by atoms with E-state index in [-0.39, 0.29) is 43.8 Å². The van der Waals surface area contributed by atoms with Gasteiger partial charge in [-0.15, -0.1) is 0 Å². The number of carbonyl (C=O) groups is 2. The molecule has 0 aliphatic heterocycles. The standard InChI is InChI=1S/C16H6O8/c17-13(18)5-1-7-11-9(3-5)24-16(22)8-2-6(14(19)20)4-10(12(8)11)23-15(7)21/h1-4H,(H,17,18)(H,19,20). The Morgan fingerprint density at radius 1 is 0.708 bits per heavy atom. The van der Waals surface area contributed by atoms with E-state index in [0.717, 1.165) is 24.3 Å². The zero-order valence-electron chi connectivity index (χ0n) is 11.7. The first-order valence-electron chi connectivity index (χ1n) is 6.64. The van der Waals surface area contributed by atoms with Gasteiger partial charge in [-0.25, -0.2) is 19.2 Å². The van der Waals surface area contributed by atoms with Crippen LogP contribution in [0.15, 0.2) is 42.7 Å². The Morgan fingerprint density at radius 2 is 1.08 bits per heavy atom. The third-order valence-electron chi connectivity index (χ3n) is 3.79. The molecule has 4 aromatic rings. The van der Waals surface area contributed by atoms with Crippen LogP contribution in [0.1, 0.15) is 20.7 Å². The van der Waals surface area contributed by atoms with E-state index in [9.17, 15) is 19.2 Å². The molecule has 2 aromatic carbocycles.